The third-order valence-electron chi connectivity index (χ3n) is 2.86. The zero-order chi connectivity index (χ0) is 16.3. The molecule has 0 saturated heterocycles. The molecule has 22 heavy (non-hydrogen) atoms. The van der Waals surface area contributed by atoms with Gasteiger partial charge in [-0.15, -0.1) is 0 Å². The number of nitrogens with zero attached hydrogens (tertiary/aromatic N) is 3. The number of anilines is 1. The second-order valence-corrected chi connectivity index (χ2v) is 5.48. The van der Waals surface area contributed by atoms with Gasteiger partial charge >= 0.3 is 0 Å². The van der Waals surface area contributed by atoms with Gasteiger partial charge in [0.2, 0.25) is 5.91 Å². The zero-order valence-corrected chi connectivity index (χ0v) is 13.4. The number of aromatic nitrogens is 2. The number of hydrogen-bond acceptors (Lipinski definition) is 4. The Hall–Kier alpha value is -2.16. The highest BCUT2D eigenvalue weighted by atomic mass is 35.5. The van der Waals surface area contributed by atoms with Gasteiger partial charge in [0.15, 0.2) is 5.92 Å². The minimum absolute atomic E-state index is 0.321. The maximum atomic E-state index is 12.3. The van der Waals surface area contributed by atoms with Crippen molar-refractivity contribution in [2.45, 2.75) is 19.8 Å². The normalized spacial score (nSPS) is 11.6. The summed E-state index contributed by atoms with van der Waals surface area (Å²) in [5.74, 6) is -1.01. The van der Waals surface area contributed by atoms with Crippen LogP contribution in [0.25, 0.3) is 0 Å². The number of amides is 1. The molecule has 1 atom stereocenters. The van der Waals surface area contributed by atoms with E-state index in [2.05, 4.69) is 15.3 Å². The summed E-state index contributed by atoms with van der Waals surface area (Å²) in [6.45, 7) is 3.49. The molecule has 0 unspecified atom stereocenters. The fourth-order valence-electron chi connectivity index (χ4n) is 1.94. The summed E-state index contributed by atoms with van der Waals surface area (Å²) < 4.78 is 0. The maximum Gasteiger partial charge on any atom is 0.247 e. The van der Waals surface area contributed by atoms with Crippen LogP contribution < -0.4 is 5.32 Å². The summed E-state index contributed by atoms with van der Waals surface area (Å²) in [7, 11) is 0. The van der Waals surface area contributed by atoms with E-state index in [1.807, 2.05) is 6.07 Å². The summed E-state index contributed by atoms with van der Waals surface area (Å²) in [5, 5.41) is 12.6. The number of rotatable bonds is 3. The first-order valence-corrected chi connectivity index (χ1v) is 7.14. The smallest absolute Gasteiger partial charge is 0.247 e. The standard InChI is InChI=1S/C15H12Cl2N4O/c1-8-5-14(20-9(2)19-8)11(7-18)15(22)21-10-3-4-12(16)13(17)6-10/h3-6,11H,1-2H3,(H,21,22)/t11-/m1/s1. The SMILES string of the molecule is Cc1cc([C@@H](C#N)C(=O)Nc2ccc(Cl)c(Cl)c2)nc(C)n1. The Kier molecular flexibility index (Phi) is 4.96. The van der Waals surface area contributed by atoms with Crippen molar-refractivity contribution in [1.82, 2.24) is 9.97 Å². The van der Waals surface area contributed by atoms with Crippen LogP contribution in [-0.4, -0.2) is 15.9 Å². The Morgan fingerprint density at radius 1 is 1.23 bits per heavy atom. The number of nitriles is 1. The number of nitrogens with one attached hydrogen (secondary N) is 1. The van der Waals surface area contributed by atoms with E-state index >= 15 is 0 Å². The van der Waals surface area contributed by atoms with Crippen molar-refractivity contribution in [1.29, 1.82) is 5.26 Å². The molecular weight excluding hydrogens is 323 g/mol. The van der Waals surface area contributed by atoms with Gasteiger partial charge in [-0.2, -0.15) is 5.26 Å². The lowest BCUT2D eigenvalue weighted by atomic mass is 10.1. The van der Waals surface area contributed by atoms with Crippen LogP contribution >= 0.6 is 23.2 Å². The molecule has 2 aromatic rings. The quantitative estimate of drug-likeness (QED) is 0.929. The molecule has 0 spiro atoms. The van der Waals surface area contributed by atoms with Gasteiger partial charge in [0.05, 0.1) is 21.8 Å². The molecular formula is C15H12Cl2N4O. The highest BCUT2D eigenvalue weighted by Gasteiger charge is 2.22. The predicted octanol–water partition coefficient (Wildman–Crippen LogP) is 3.65. The molecule has 112 valence electrons. The molecule has 2 rings (SSSR count). The minimum Gasteiger partial charge on any atom is -0.325 e. The Morgan fingerprint density at radius 3 is 2.55 bits per heavy atom. The van der Waals surface area contributed by atoms with Crippen LogP contribution in [0.5, 0.6) is 0 Å². The number of benzene rings is 1. The zero-order valence-electron chi connectivity index (χ0n) is 11.9. The molecule has 1 aromatic heterocycles. The first kappa shape index (κ1) is 16.2. The Bertz CT molecular complexity index is 750. The molecule has 1 N–H and O–H groups in total. The van der Waals surface area contributed by atoms with Crippen LogP contribution in [0.4, 0.5) is 5.69 Å². The summed E-state index contributed by atoms with van der Waals surface area (Å²) >= 11 is 11.7. The number of halogens is 2. The van der Waals surface area contributed by atoms with Crippen molar-refractivity contribution >= 4 is 34.8 Å². The van der Waals surface area contributed by atoms with Crippen LogP contribution in [0.1, 0.15) is 23.1 Å². The van der Waals surface area contributed by atoms with Crippen LogP contribution in [0.2, 0.25) is 10.0 Å². The molecule has 1 aromatic carbocycles. The second kappa shape index (κ2) is 6.73. The average molecular weight is 335 g/mol. The Labute approximate surface area is 137 Å². The predicted molar refractivity (Wildman–Crippen MR) is 85.0 cm³/mol. The van der Waals surface area contributed by atoms with Crippen molar-refractivity contribution in [3.8, 4) is 6.07 Å². The Morgan fingerprint density at radius 2 is 1.95 bits per heavy atom. The molecule has 1 heterocycles. The van der Waals surface area contributed by atoms with Gasteiger partial charge in [-0.3, -0.25) is 4.79 Å². The molecule has 0 aliphatic carbocycles. The molecule has 7 heteroatoms. The lowest BCUT2D eigenvalue weighted by molar-refractivity contribution is -0.116. The number of hydrogen-bond donors (Lipinski definition) is 1. The van der Waals surface area contributed by atoms with Crippen LogP contribution in [0.3, 0.4) is 0 Å². The molecule has 1 amide bonds. The number of aryl methyl sites for hydroxylation is 2. The average Bonchev–Trinajstić information content (AvgIpc) is 2.42. The third kappa shape index (κ3) is 3.73. The number of carbonyl (C=O) groups is 1. The lowest BCUT2D eigenvalue weighted by Crippen LogP contribution is -2.21. The van der Waals surface area contributed by atoms with E-state index in [1.165, 1.54) is 6.07 Å². The van der Waals surface area contributed by atoms with E-state index in [9.17, 15) is 10.1 Å². The second-order valence-electron chi connectivity index (χ2n) is 4.66. The van der Waals surface area contributed by atoms with Crippen LogP contribution in [0.15, 0.2) is 24.3 Å². The van der Waals surface area contributed by atoms with Gasteiger partial charge in [-0.05, 0) is 38.1 Å². The van der Waals surface area contributed by atoms with E-state index in [0.29, 0.717) is 32.9 Å². The van der Waals surface area contributed by atoms with Gasteiger partial charge in [-0.1, -0.05) is 23.2 Å². The van der Waals surface area contributed by atoms with E-state index < -0.39 is 11.8 Å². The topological polar surface area (TPSA) is 78.7 Å². The van der Waals surface area contributed by atoms with E-state index in [0.717, 1.165) is 0 Å². The molecule has 5 nitrogen and oxygen atoms in total. The largest absolute Gasteiger partial charge is 0.325 e. The van der Waals surface area contributed by atoms with E-state index in [1.54, 1.807) is 32.0 Å². The molecule has 0 radical (unpaired) electrons. The van der Waals surface area contributed by atoms with Crippen molar-refractivity contribution in [2.24, 2.45) is 0 Å². The van der Waals surface area contributed by atoms with Crippen LogP contribution in [-0.2, 0) is 4.79 Å². The first-order valence-electron chi connectivity index (χ1n) is 6.38. The molecule has 0 fully saturated rings. The fraction of sp³-hybridized carbons (Fsp3) is 0.200. The summed E-state index contributed by atoms with van der Waals surface area (Å²) in [6.07, 6.45) is 0. The minimum atomic E-state index is -1.03. The lowest BCUT2D eigenvalue weighted by Gasteiger charge is -2.11. The van der Waals surface area contributed by atoms with Gasteiger partial charge in [0, 0.05) is 11.4 Å². The van der Waals surface area contributed by atoms with E-state index in [-0.39, 0.29) is 0 Å². The van der Waals surface area contributed by atoms with Crippen molar-refractivity contribution in [2.75, 3.05) is 5.32 Å². The monoisotopic (exact) mass is 334 g/mol. The van der Waals surface area contributed by atoms with Crippen molar-refractivity contribution < 1.29 is 4.79 Å². The van der Waals surface area contributed by atoms with Crippen LogP contribution in [0, 0.1) is 25.2 Å². The third-order valence-corrected chi connectivity index (χ3v) is 3.60. The summed E-state index contributed by atoms with van der Waals surface area (Å²) in [5.41, 5.74) is 1.53. The van der Waals surface area contributed by atoms with Gasteiger partial charge in [0.1, 0.15) is 5.82 Å². The fourth-order valence-corrected chi connectivity index (χ4v) is 2.24. The molecule has 0 saturated carbocycles. The number of carbonyl (C=O) groups excluding carboxylic acids is 1. The van der Waals surface area contributed by atoms with Crippen molar-refractivity contribution in [3.05, 3.63) is 51.5 Å². The molecule has 0 bridgehead atoms. The first-order chi connectivity index (χ1) is 10.4. The van der Waals surface area contributed by atoms with Crippen molar-refractivity contribution in [3.63, 3.8) is 0 Å². The summed E-state index contributed by atoms with van der Waals surface area (Å²) in [4.78, 5) is 20.6. The Balaban J connectivity index is 2.25. The molecule has 0 aliphatic rings. The van der Waals surface area contributed by atoms with E-state index in [4.69, 9.17) is 23.2 Å². The van der Waals surface area contributed by atoms with Gasteiger partial charge < -0.3 is 5.32 Å². The highest BCUT2D eigenvalue weighted by Crippen LogP contribution is 2.26. The van der Waals surface area contributed by atoms with Gasteiger partial charge in [0.25, 0.3) is 0 Å². The highest BCUT2D eigenvalue weighted by molar-refractivity contribution is 6.42. The maximum absolute atomic E-state index is 12.3. The summed E-state index contributed by atoms with van der Waals surface area (Å²) in [6, 6.07) is 8.28. The van der Waals surface area contributed by atoms with Gasteiger partial charge in [-0.25, -0.2) is 9.97 Å². The molecule has 0 aliphatic heterocycles.